The fourth-order valence-corrected chi connectivity index (χ4v) is 4.18. The number of anilines is 1. The average molecular weight is 397 g/mol. The molecule has 140 valence electrons. The van der Waals surface area contributed by atoms with Gasteiger partial charge in [0, 0.05) is 13.1 Å². The summed E-state index contributed by atoms with van der Waals surface area (Å²) < 4.78 is 31.9. The summed E-state index contributed by atoms with van der Waals surface area (Å²) in [6.45, 7) is 4.19. The highest BCUT2D eigenvalue weighted by atomic mass is 35.5. The lowest BCUT2D eigenvalue weighted by Crippen LogP contribution is -2.30. The van der Waals surface area contributed by atoms with E-state index in [0.717, 1.165) is 0 Å². The van der Waals surface area contributed by atoms with Crippen LogP contribution in [0.2, 0.25) is 5.02 Å². The average Bonchev–Trinajstić information content (AvgIpc) is 2.63. The van der Waals surface area contributed by atoms with Crippen LogP contribution < -0.4 is 10.1 Å². The first kappa shape index (κ1) is 20.2. The van der Waals surface area contributed by atoms with Crippen molar-refractivity contribution in [2.24, 2.45) is 0 Å². The SMILES string of the molecule is CCN(CC)S(=O)(=O)c1ccc(Cl)c(C(=O)Nc2ccccc2OC)c1. The lowest BCUT2D eigenvalue weighted by atomic mass is 10.2. The molecule has 0 heterocycles. The van der Waals surface area contributed by atoms with Gasteiger partial charge in [-0.15, -0.1) is 0 Å². The first-order valence-electron chi connectivity index (χ1n) is 8.09. The van der Waals surface area contributed by atoms with Gasteiger partial charge in [-0.2, -0.15) is 4.31 Å². The van der Waals surface area contributed by atoms with Gasteiger partial charge in [0.05, 0.1) is 28.3 Å². The van der Waals surface area contributed by atoms with E-state index in [1.165, 1.54) is 29.6 Å². The zero-order valence-corrected chi connectivity index (χ0v) is 16.4. The molecule has 6 nitrogen and oxygen atoms in total. The van der Waals surface area contributed by atoms with Gasteiger partial charge < -0.3 is 10.1 Å². The smallest absolute Gasteiger partial charge is 0.257 e. The summed E-state index contributed by atoms with van der Waals surface area (Å²) in [5.41, 5.74) is 0.541. The highest BCUT2D eigenvalue weighted by Gasteiger charge is 2.24. The number of amides is 1. The molecule has 0 aliphatic heterocycles. The molecular formula is C18H21ClN2O4S. The Balaban J connectivity index is 2.39. The summed E-state index contributed by atoms with van der Waals surface area (Å²) >= 11 is 6.13. The molecule has 0 saturated carbocycles. The van der Waals surface area contributed by atoms with Crippen LogP contribution in [0.15, 0.2) is 47.4 Å². The predicted octanol–water partition coefficient (Wildman–Crippen LogP) is 3.63. The molecule has 0 aromatic heterocycles. The summed E-state index contributed by atoms with van der Waals surface area (Å²) in [6, 6.07) is 11.0. The Bertz CT molecular complexity index is 896. The van der Waals surface area contributed by atoms with Crippen LogP contribution in [0.5, 0.6) is 5.75 Å². The summed E-state index contributed by atoms with van der Waals surface area (Å²) in [7, 11) is -2.19. The molecule has 0 bridgehead atoms. The van der Waals surface area contributed by atoms with E-state index < -0.39 is 15.9 Å². The molecule has 0 aliphatic rings. The van der Waals surface area contributed by atoms with Crippen molar-refractivity contribution >= 4 is 33.2 Å². The van der Waals surface area contributed by atoms with Crippen molar-refractivity contribution in [3.8, 4) is 5.75 Å². The largest absolute Gasteiger partial charge is 0.495 e. The van der Waals surface area contributed by atoms with E-state index in [-0.39, 0.29) is 15.5 Å². The zero-order chi connectivity index (χ0) is 19.3. The molecule has 1 N–H and O–H groups in total. The van der Waals surface area contributed by atoms with Crippen molar-refractivity contribution in [2.45, 2.75) is 18.7 Å². The van der Waals surface area contributed by atoms with Crippen molar-refractivity contribution in [1.82, 2.24) is 4.31 Å². The van der Waals surface area contributed by atoms with Gasteiger partial charge in [0.15, 0.2) is 0 Å². The quantitative estimate of drug-likeness (QED) is 0.775. The number of carbonyl (C=O) groups is 1. The third-order valence-electron chi connectivity index (χ3n) is 3.88. The second-order valence-electron chi connectivity index (χ2n) is 5.39. The second kappa shape index (κ2) is 8.53. The lowest BCUT2D eigenvalue weighted by molar-refractivity contribution is 0.102. The molecule has 8 heteroatoms. The Hall–Kier alpha value is -2.09. The van der Waals surface area contributed by atoms with Gasteiger partial charge in [-0.05, 0) is 30.3 Å². The van der Waals surface area contributed by atoms with E-state index in [1.54, 1.807) is 38.1 Å². The second-order valence-corrected chi connectivity index (χ2v) is 7.73. The lowest BCUT2D eigenvalue weighted by Gasteiger charge is -2.19. The molecule has 0 saturated heterocycles. The summed E-state index contributed by atoms with van der Waals surface area (Å²) in [4.78, 5) is 12.7. The number of halogens is 1. The number of para-hydroxylation sites is 2. The number of benzene rings is 2. The van der Waals surface area contributed by atoms with Crippen molar-refractivity contribution in [2.75, 3.05) is 25.5 Å². The molecule has 0 fully saturated rings. The highest BCUT2D eigenvalue weighted by molar-refractivity contribution is 7.89. The number of hydrogen-bond donors (Lipinski definition) is 1. The van der Waals surface area contributed by atoms with E-state index in [1.807, 2.05) is 0 Å². The third kappa shape index (κ3) is 4.17. The summed E-state index contributed by atoms with van der Waals surface area (Å²) in [6.07, 6.45) is 0. The number of rotatable bonds is 7. The van der Waals surface area contributed by atoms with Gasteiger partial charge in [0.25, 0.3) is 5.91 Å². The standard InChI is InChI=1S/C18H21ClN2O4S/c1-4-21(5-2)26(23,24)13-10-11-15(19)14(12-13)18(22)20-16-8-6-7-9-17(16)25-3/h6-12H,4-5H2,1-3H3,(H,20,22). The molecule has 0 radical (unpaired) electrons. The molecule has 2 rings (SSSR count). The fraction of sp³-hybridized carbons (Fsp3) is 0.278. The van der Waals surface area contributed by atoms with Crippen LogP contribution in [0, 0.1) is 0 Å². The van der Waals surface area contributed by atoms with Crippen molar-refractivity contribution in [1.29, 1.82) is 0 Å². The third-order valence-corrected chi connectivity index (χ3v) is 6.26. The number of nitrogens with zero attached hydrogens (tertiary/aromatic N) is 1. The van der Waals surface area contributed by atoms with Crippen LogP contribution in [0.4, 0.5) is 5.69 Å². The number of sulfonamides is 1. The maximum Gasteiger partial charge on any atom is 0.257 e. The van der Waals surface area contributed by atoms with Crippen LogP contribution >= 0.6 is 11.6 Å². The predicted molar refractivity (Wildman–Crippen MR) is 103 cm³/mol. The zero-order valence-electron chi connectivity index (χ0n) is 14.8. The molecule has 2 aromatic rings. The topological polar surface area (TPSA) is 75.7 Å². The van der Waals surface area contributed by atoms with Crippen molar-refractivity contribution < 1.29 is 17.9 Å². The number of nitrogens with one attached hydrogen (secondary N) is 1. The van der Waals surface area contributed by atoms with Crippen LogP contribution in [-0.2, 0) is 10.0 Å². The minimum atomic E-state index is -3.69. The Labute approximate surface area is 158 Å². The van der Waals surface area contributed by atoms with E-state index in [4.69, 9.17) is 16.3 Å². The Kier molecular flexibility index (Phi) is 6.63. The van der Waals surface area contributed by atoms with Crippen LogP contribution in [-0.4, -0.2) is 38.8 Å². The Morgan fingerprint density at radius 2 is 1.81 bits per heavy atom. The summed E-state index contributed by atoms with van der Waals surface area (Å²) in [5, 5.41) is 2.86. The highest BCUT2D eigenvalue weighted by Crippen LogP contribution is 2.27. The molecule has 0 unspecified atom stereocenters. The van der Waals surface area contributed by atoms with Crippen LogP contribution in [0.1, 0.15) is 24.2 Å². The van der Waals surface area contributed by atoms with E-state index >= 15 is 0 Å². The molecule has 0 spiro atoms. The number of methoxy groups -OCH3 is 1. The first-order chi connectivity index (χ1) is 12.3. The molecule has 0 aliphatic carbocycles. The number of carbonyl (C=O) groups excluding carboxylic acids is 1. The molecule has 0 atom stereocenters. The van der Waals surface area contributed by atoms with Crippen LogP contribution in [0.3, 0.4) is 0 Å². The monoisotopic (exact) mass is 396 g/mol. The van der Waals surface area contributed by atoms with Gasteiger partial charge in [-0.3, -0.25) is 4.79 Å². The Morgan fingerprint density at radius 1 is 1.15 bits per heavy atom. The molecule has 2 aromatic carbocycles. The molecular weight excluding hydrogens is 376 g/mol. The summed E-state index contributed by atoms with van der Waals surface area (Å²) in [5.74, 6) is -0.0278. The minimum absolute atomic E-state index is 0.0239. The van der Waals surface area contributed by atoms with Crippen molar-refractivity contribution in [3.63, 3.8) is 0 Å². The normalized spacial score (nSPS) is 11.4. The minimum Gasteiger partial charge on any atom is -0.495 e. The van der Waals surface area contributed by atoms with Gasteiger partial charge in [-0.1, -0.05) is 37.6 Å². The maximum absolute atomic E-state index is 12.7. The van der Waals surface area contributed by atoms with E-state index in [2.05, 4.69) is 5.32 Å². The van der Waals surface area contributed by atoms with E-state index in [0.29, 0.717) is 24.5 Å². The maximum atomic E-state index is 12.7. The fourth-order valence-electron chi connectivity index (χ4n) is 2.49. The number of hydrogen-bond acceptors (Lipinski definition) is 4. The van der Waals surface area contributed by atoms with Gasteiger partial charge in [-0.25, -0.2) is 8.42 Å². The van der Waals surface area contributed by atoms with Gasteiger partial charge in [0.2, 0.25) is 10.0 Å². The Morgan fingerprint density at radius 3 is 2.42 bits per heavy atom. The number of ether oxygens (including phenoxy) is 1. The molecule has 26 heavy (non-hydrogen) atoms. The van der Waals surface area contributed by atoms with Crippen molar-refractivity contribution in [3.05, 3.63) is 53.1 Å². The van der Waals surface area contributed by atoms with Gasteiger partial charge >= 0.3 is 0 Å². The van der Waals surface area contributed by atoms with Gasteiger partial charge in [0.1, 0.15) is 5.75 Å². The molecule has 1 amide bonds. The first-order valence-corrected chi connectivity index (χ1v) is 9.91. The van der Waals surface area contributed by atoms with E-state index in [9.17, 15) is 13.2 Å². The van der Waals surface area contributed by atoms with Crippen LogP contribution in [0.25, 0.3) is 0 Å².